The van der Waals surface area contributed by atoms with E-state index in [4.69, 9.17) is 4.74 Å². The molecule has 0 unspecified atom stereocenters. The Morgan fingerprint density at radius 2 is 2.00 bits per heavy atom. The molecule has 0 saturated carbocycles. The lowest BCUT2D eigenvalue weighted by atomic mass is 10.1. The number of amides is 2. The second-order valence-electron chi connectivity index (χ2n) is 6.85. The number of nitrogens with two attached hydrogens (primary N) is 1. The second-order valence-corrected chi connectivity index (χ2v) is 6.85. The fraction of sp³-hybridized carbons (Fsp3) is 0.238. The molecule has 6 nitrogen and oxygen atoms in total. The van der Waals surface area contributed by atoms with Crippen LogP contribution in [0.2, 0.25) is 0 Å². The van der Waals surface area contributed by atoms with Gasteiger partial charge in [0.2, 0.25) is 5.91 Å². The van der Waals surface area contributed by atoms with E-state index in [0.717, 1.165) is 33.5 Å². The minimum absolute atomic E-state index is 0.151. The first-order chi connectivity index (χ1) is 13.6. The van der Waals surface area contributed by atoms with E-state index >= 15 is 0 Å². The second kappa shape index (κ2) is 7.44. The van der Waals surface area contributed by atoms with Crippen molar-refractivity contribution in [1.82, 2.24) is 4.98 Å². The summed E-state index contributed by atoms with van der Waals surface area (Å²) in [7, 11) is 1.64. The Hall–Kier alpha value is -3.19. The zero-order chi connectivity index (χ0) is 19.7. The van der Waals surface area contributed by atoms with Gasteiger partial charge in [-0.25, -0.2) is 9.29 Å². The van der Waals surface area contributed by atoms with E-state index in [1.807, 2.05) is 29.7 Å². The van der Waals surface area contributed by atoms with Crippen LogP contribution < -0.4 is 15.0 Å². The van der Waals surface area contributed by atoms with Crippen LogP contribution in [-0.2, 0) is 16.0 Å². The highest BCUT2D eigenvalue weighted by molar-refractivity contribution is 6.21. The Kier molecular flexibility index (Phi) is 4.83. The summed E-state index contributed by atoms with van der Waals surface area (Å²) >= 11 is 0. The van der Waals surface area contributed by atoms with E-state index in [2.05, 4.69) is 4.98 Å². The average Bonchev–Trinajstić information content (AvgIpc) is 3.23. The molecule has 0 aliphatic carbocycles. The smallest absolute Gasteiger partial charge is 0.292 e. The highest BCUT2D eigenvalue weighted by Crippen LogP contribution is 2.24. The number of rotatable bonds is 6. The molecular weight excluding hydrogens is 361 g/mol. The number of ether oxygens (including phenoxy) is 1. The van der Waals surface area contributed by atoms with Gasteiger partial charge in [-0.15, -0.1) is 0 Å². The quantitative estimate of drug-likeness (QED) is 0.638. The molecule has 1 aromatic heterocycles. The summed E-state index contributed by atoms with van der Waals surface area (Å²) in [6, 6.07) is 10.8. The molecule has 1 aliphatic rings. The number of halogens is 1. The number of carbonyl (C=O) groups is 2. The van der Waals surface area contributed by atoms with Gasteiger partial charge in [-0.2, -0.15) is 0 Å². The van der Waals surface area contributed by atoms with Crippen molar-refractivity contribution in [2.45, 2.75) is 18.9 Å². The number of nitrogens with zero attached hydrogens (tertiary/aromatic N) is 1. The molecule has 2 heterocycles. The topological polar surface area (TPSA) is 79.0 Å². The normalized spacial score (nSPS) is 16.9. The van der Waals surface area contributed by atoms with Crippen molar-refractivity contribution in [1.29, 1.82) is 0 Å². The van der Waals surface area contributed by atoms with Crippen molar-refractivity contribution < 1.29 is 24.0 Å². The zero-order valence-electron chi connectivity index (χ0n) is 15.4. The van der Waals surface area contributed by atoms with E-state index in [1.54, 1.807) is 7.11 Å². The van der Waals surface area contributed by atoms with Crippen molar-refractivity contribution in [3.63, 3.8) is 0 Å². The van der Waals surface area contributed by atoms with Gasteiger partial charge in [-0.3, -0.25) is 9.59 Å². The molecule has 2 aromatic carbocycles. The number of H-pyrrole nitrogens is 1. The predicted octanol–water partition coefficient (Wildman–Crippen LogP) is 1.75. The molecule has 3 N–H and O–H groups in total. The molecule has 0 bridgehead atoms. The summed E-state index contributed by atoms with van der Waals surface area (Å²) in [5, 5.41) is 3.00. The average molecular weight is 382 g/mol. The number of aromatic nitrogens is 1. The Morgan fingerprint density at radius 1 is 1.21 bits per heavy atom. The fourth-order valence-electron chi connectivity index (χ4n) is 3.63. The molecule has 1 aliphatic heterocycles. The summed E-state index contributed by atoms with van der Waals surface area (Å²) in [6.07, 6.45) is 2.87. The monoisotopic (exact) mass is 382 g/mol. The first-order valence-electron chi connectivity index (χ1n) is 9.16. The van der Waals surface area contributed by atoms with Crippen LogP contribution in [0, 0.1) is 5.82 Å². The lowest BCUT2D eigenvalue weighted by Gasteiger charge is -2.14. The number of benzene rings is 2. The van der Waals surface area contributed by atoms with Gasteiger partial charge in [0, 0.05) is 23.5 Å². The number of fused-ring (bicyclic) bond motifs is 1. The van der Waals surface area contributed by atoms with Gasteiger partial charge in [0.25, 0.3) is 5.91 Å². The van der Waals surface area contributed by atoms with Gasteiger partial charge in [0.1, 0.15) is 11.6 Å². The van der Waals surface area contributed by atoms with E-state index in [1.165, 1.54) is 24.3 Å². The lowest BCUT2D eigenvalue weighted by Crippen LogP contribution is -2.92. The largest absolute Gasteiger partial charge is 0.497 e. The minimum atomic E-state index is -0.447. The molecule has 1 fully saturated rings. The summed E-state index contributed by atoms with van der Waals surface area (Å²) in [6.45, 7) is 0.672. The molecule has 28 heavy (non-hydrogen) atoms. The van der Waals surface area contributed by atoms with Gasteiger partial charge in [0.15, 0.2) is 6.04 Å². The van der Waals surface area contributed by atoms with Gasteiger partial charge in [-0.05, 0) is 48.0 Å². The van der Waals surface area contributed by atoms with E-state index < -0.39 is 11.9 Å². The lowest BCUT2D eigenvalue weighted by molar-refractivity contribution is -0.674. The summed E-state index contributed by atoms with van der Waals surface area (Å²) in [5.41, 5.74) is 2.58. The van der Waals surface area contributed by atoms with E-state index in [0.29, 0.717) is 12.2 Å². The Balaban J connectivity index is 1.41. The molecule has 2 amide bonds. The van der Waals surface area contributed by atoms with Crippen LogP contribution in [-0.4, -0.2) is 36.5 Å². The summed E-state index contributed by atoms with van der Waals surface area (Å²) < 4.78 is 18.4. The summed E-state index contributed by atoms with van der Waals surface area (Å²) in [4.78, 5) is 29.3. The SMILES string of the molecule is COc1ccc2[nH]cc(CC[NH2+][C@H]3CC(=O)N(c4ccc(F)cc4)C3=O)c2c1. The first-order valence-corrected chi connectivity index (χ1v) is 9.16. The standard InChI is InChI=1S/C21H20FN3O3/c1-28-16-6-7-18-17(10-16)13(12-24-18)8-9-23-19-11-20(26)25(21(19)27)15-4-2-14(22)3-5-15/h2-7,10,12,19,23-24H,8-9,11H2,1H3/p+1/t19-/m0/s1. The van der Waals surface area contributed by atoms with Gasteiger partial charge in [-0.1, -0.05) is 0 Å². The van der Waals surface area contributed by atoms with E-state index in [-0.39, 0.29) is 18.2 Å². The van der Waals surface area contributed by atoms with Crippen LogP contribution in [0.1, 0.15) is 12.0 Å². The van der Waals surface area contributed by atoms with Gasteiger partial charge >= 0.3 is 0 Å². The number of imide groups is 1. The number of nitrogens with one attached hydrogen (secondary N) is 1. The molecular formula is C21H21FN3O3+. The molecule has 0 spiro atoms. The maximum atomic E-state index is 13.1. The third kappa shape index (κ3) is 3.36. The third-order valence-electron chi connectivity index (χ3n) is 5.11. The Bertz CT molecular complexity index is 1030. The number of aromatic amines is 1. The van der Waals surface area contributed by atoms with Crippen LogP contribution in [0.3, 0.4) is 0 Å². The molecule has 7 heteroatoms. The van der Waals surface area contributed by atoms with Crippen LogP contribution in [0.4, 0.5) is 10.1 Å². The Labute approximate surface area is 161 Å². The molecule has 1 saturated heterocycles. The van der Waals surface area contributed by atoms with Crippen LogP contribution in [0.5, 0.6) is 5.75 Å². The van der Waals surface area contributed by atoms with Crippen LogP contribution in [0.15, 0.2) is 48.7 Å². The highest BCUT2D eigenvalue weighted by atomic mass is 19.1. The van der Waals surface area contributed by atoms with Crippen molar-refractivity contribution in [3.8, 4) is 5.75 Å². The molecule has 3 aromatic rings. The molecule has 4 rings (SSSR count). The molecule has 1 atom stereocenters. The van der Waals surface area contributed by atoms with Gasteiger partial charge < -0.3 is 15.0 Å². The van der Waals surface area contributed by atoms with Crippen molar-refractivity contribution >= 4 is 28.4 Å². The van der Waals surface area contributed by atoms with Crippen molar-refractivity contribution in [2.75, 3.05) is 18.6 Å². The van der Waals surface area contributed by atoms with Crippen LogP contribution >= 0.6 is 0 Å². The number of hydrogen-bond acceptors (Lipinski definition) is 3. The third-order valence-corrected chi connectivity index (χ3v) is 5.11. The number of anilines is 1. The summed E-state index contributed by atoms with van der Waals surface area (Å²) in [5.74, 6) is -0.114. The molecule has 0 radical (unpaired) electrons. The maximum absolute atomic E-state index is 13.1. The minimum Gasteiger partial charge on any atom is -0.497 e. The number of quaternary nitrogens is 1. The number of carbonyl (C=O) groups excluding carboxylic acids is 2. The van der Waals surface area contributed by atoms with Crippen molar-refractivity contribution in [2.24, 2.45) is 0 Å². The zero-order valence-corrected chi connectivity index (χ0v) is 15.4. The predicted molar refractivity (Wildman–Crippen MR) is 103 cm³/mol. The van der Waals surface area contributed by atoms with E-state index in [9.17, 15) is 14.0 Å². The van der Waals surface area contributed by atoms with Crippen molar-refractivity contribution in [3.05, 3.63) is 60.0 Å². The Morgan fingerprint density at radius 3 is 2.75 bits per heavy atom. The first kappa shape index (κ1) is 18.2. The maximum Gasteiger partial charge on any atom is 0.292 e. The van der Waals surface area contributed by atoms with Crippen LogP contribution in [0.25, 0.3) is 10.9 Å². The highest BCUT2D eigenvalue weighted by Gasteiger charge is 2.42. The molecule has 144 valence electrons. The number of methoxy groups -OCH3 is 1. The number of hydrogen-bond donors (Lipinski definition) is 2. The fourth-order valence-corrected chi connectivity index (χ4v) is 3.63. The van der Waals surface area contributed by atoms with Gasteiger partial charge in [0.05, 0.1) is 25.8 Å².